The number of rotatable bonds is 15. The highest BCUT2D eigenvalue weighted by molar-refractivity contribution is 7.32. The van der Waals surface area contributed by atoms with Crippen LogP contribution in [0.1, 0.15) is 43.4 Å². The molecule has 1 aromatic heterocycles. The number of hydrogen-bond donors (Lipinski definition) is 2. The predicted octanol–water partition coefficient (Wildman–Crippen LogP) is 6.69. The van der Waals surface area contributed by atoms with Crippen LogP contribution in [0.3, 0.4) is 0 Å². The molecule has 190 valence electrons. The lowest BCUT2D eigenvalue weighted by atomic mass is 10.0. The van der Waals surface area contributed by atoms with E-state index in [0.29, 0.717) is 32.0 Å². The van der Waals surface area contributed by atoms with Crippen LogP contribution in [0.2, 0.25) is 5.02 Å². The summed E-state index contributed by atoms with van der Waals surface area (Å²) in [5.74, 6) is 2.13. The first-order valence-electron chi connectivity index (χ1n) is 12.1. The fraction of sp³-hybridized carbons (Fsp3) is 0.407. The van der Waals surface area contributed by atoms with Gasteiger partial charge in [0, 0.05) is 11.6 Å². The summed E-state index contributed by atoms with van der Waals surface area (Å²) in [6, 6.07) is 16.2. The lowest BCUT2D eigenvalue weighted by Crippen LogP contribution is -2.16. The highest BCUT2D eigenvalue weighted by Crippen LogP contribution is 2.32. The third-order valence-corrected chi connectivity index (χ3v) is 6.30. The maximum absolute atomic E-state index is 10.6. The standard InChI is InChI=1S/C27H35ClNO5P/c1-20(2)16-23-10-8-21(18-25(23)28)6-3-13-33-27-11-9-22(17-24(27)26-7-4-14-32-26)19-29-12-5-15-34-35(30)31/h4,7-11,14,17-18,20,29,35H,3,5-6,12-13,15-16,19H2,1-2H3,(H,30,31). The second-order valence-corrected chi connectivity index (χ2v) is 10.2. The Bertz CT molecular complexity index is 1070. The van der Waals surface area contributed by atoms with Crippen LogP contribution in [0.4, 0.5) is 0 Å². The number of aryl methyl sites for hydroxylation is 1. The Morgan fingerprint density at radius 1 is 1.09 bits per heavy atom. The van der Waals surface area contributed by atoms with Crippen LogP contribution in [0.25, 0.3) is 11.3 Å². The lowest BCUT2D eigenvalue weighted by molar-refractivity contribution is 0.276. The Morgan fingerprint density at radius 3 is 2.63 bits per heavy atom. The molecule has 0 bridgehead atoms. The summed E-state index contributed by atoms with van der Waals surface area (Å²) in [6.45, 7) is 6.60. The molecule has 0 fully saturated rings. The topological polar surface area (TPSA) is 80.9 Å². The van der Waals surface area contributed by atoms with E-state index >= 15 is 0 Å². The molecule has 3 aromatic rings. The maximum atomic E-state index is 10.6. The zero-order chi connectivity index (χ0) is 25.0. The van der Waals surface area contributed by atoms with Gasteiger partial charge < -0.3 is 23.9 Å². The van der Waals surface area contributed by atoms with Crippen molar-refractivity contribution in [2.45, 2.75) is 46.1 Å². The summed E-state index contributed by atoms with van der Waals surface area (Å²) >= 11 is 6.47. The van der Waals surface area contributed by atoms with Crippen LogP contribution in [-0.4, -0.2) is 24.7 Å². The van der Waals surface area contributed by atoms with E-state index in [0.717, 1.165) is 46.9 Å². The van der Waals surface area contributed by atoms with Crippen molar-refractivity contribution < 1.29 is 23.1 Å². The molecule has 1 heterocycles. The van der Waals surface area contributed by atoms with E-state index in [2.05, 4.69) is 43.4 Å². The van der Waals surface area contributed by atoms with Crippen LogP contribution in [-0.2, 0) is 28.5 Å². The van der Waals surface area contributed by atoms with Gasteiger partial charge in [0.2, 0.25) is 0 Å². The minimum Gasteiger partial charge on any atom is -0.493 e. The van der Waals surface area contributed by atoms with Gasteiger partial charge in [0.1, 0.15) is 11.5 Å². The minimum atomic E-state index is -2.85. The molecular weight excluding hydrogens is 485 g/mol. The Morgan fingerprint density at radius 2 is 1.91 bits per heavy atom. The molecule has 8 heteroatoms. The molecule has 0 aliphatic carbocycles. The van der Waals surface area contributed by atoms with Crippen LogP contribution >= 0.6 is 19.9 Å². The molecule has 2 N–H and O–H groups in total. The monoisotopic (exact) mass is 519 g/mol. The third-order valence-electron chi connectivity index (χ3n) is 5.50. The predicted molar refractivity (Wildman–Crippen MR) is 141 cm³/mol. The zero-order valence-corrected chi connectivity index (χ0v) is 22.1. The van der Waals surface area contributed by atoms with E-state index in [1.807, 2.05) is 24.3 Å². The van der Waals surface area contributed by atoms with Gasteiger partial charge in [-0.3, -0.25) is 4.57 Å². The van der Waals surface area contributed by atoms with E-state index < -0.39 is 8.25 Å². The molecule has 0 aliphatic rings. The number of hydrogen-bond acceptors (Lipinski definition) is 5. The SMILES string of the molecule is CC(C)Cc1ccc(CCCOc2ccc(CNCCCO[PH](=O)O)cc2-c2ccco2)cc1Cl. The highest BCUT2D eigenvalue weighted by atomic mass is 35.5. The number of nitrogens with one attached hydrogen (secondary N) is 1. The first kappa shape index (κ1) is 27.5. The van der Waals surface area contributed by atoms with Crippen LogP contribution in [0.5, 0.6) is 5.75 Å². The molecule has 0 aliphatic heterocycles. The van der Waals surface area contributed by atoms with Gasteiger partial charge in [-0.15, -0.1) is 0 Å². The minimum absolute atomic E-state index is 0.264. The fourth-order valence-electron chi connectivity index (χ4n) is 3.84. The largest absolute Gasteiger partial charge is 0.493 e. The lowest BCUT2D eigenvalue weighted by Gasteiger charge is -2.13. The molecular formula is C27H35ClNO5P. The number of benzene rings is 2. The van der Waals surface area contributed by atoms with Crippen molar-refractivity contribution in [3.05, 3.63) is 76.5 Å². The molecule has 6 nitrogen and oxygen atoms in total. The molecule has 0 amide bonds. The Kier molecular flexibility index (Phi) is 11.4. The van der Waals surface area contributed by atoms with Gasteiger partial charge in [0.25, 0.3) is 0 Å². The molecule has 0 saturated heterocycles. The van der Waals surface area contributed by atoms with Crippen molar-refractivity contribution in [1.82, 2.24) is 5.32 Å². The Hall–Kier alpha value is -2.08. The second kappa shape index (κ2) is 14.5. The molecule has 0 spiro atoms. The van der Waals surface area contributed by atoms with Gasteiger partial charge in [-0.05, 0) is 85.2 Å². The zero-order valence-electron chi connectivity index (χ0n) is 20.4. The third kappa shape index (κ3) is 9.47. The fourth-order valence-corrected chi connectivity index (χ4v) is 4.44. The van der Waals surface area contributed by atoms with Crippen molar-refractivity contribution in [3.8, 4) is 17.1 Å². The average molecular weight is 520 g/mol. The Labute approximate surface area is 213 Å². The van der Waals surface area contributed by atoms with E-state index in [1.165, 1.54) is 11.1 Å². The summed E-state index contributed by atoms with van der Waals surface area (Å²) in [4.78, 5) is 8.69. The molecule has 35 heavy (non-hydrogen) atoms. The maximum Gasteiger partial charge on any atom is 0.316 e. The number of halogens is 1. The average Bonchev–Trinajstić information content (AvgIpc) is 3.35. The van der Waals surface area contributed by atoms with Crippen LogP contribution in [0, 0.1) is 5.92 Å². The van der Waals surface area contributed by atoms with E-state index in [9.17, 15) is 4.57 Å². The summed E-state index contributed by atoms with van der Waals surface area (Å²) in [7, 11) is -2.85. The highest BCUT2D eigenvalue weighted by Gasteiger charge is 2.11. The van der Waals surface area contributed by atoms with E-state index in [-0.39, 0.29) is 6.61 Å². The van der Waals surface area contributed by atoms with Crippen molar-refractivity contribution in [2.75, 3.05) is 19.8 Å². The van der Waals surface area contributed by atoms with Gasteiger partial charge in [-0.2, -0.15) is 0 Å². The van der Waals surface area contributed by atoms with Crippen molar-refractivity contribution >= 4 is 19.9 Å². The molecule has 0 saturated carbocycles. The molecule has 1 unspecified atom stereocenters. The van der Waals surface area contributed by atoms with Gasteiger partial charge in [-0.25, -0.2) is 0 Å². The van der Waals surface area contributed by atoms with Crippen LogP contribution in [0.15, 0.2) is 59.2 Å². The van der Waals surface area contributed by atoms with Gasteiger partial charge >= 0.3 is 8.25 Å². The van der Waals surface area contributed by atoms with Crippen molar-refractivity contribution in [1.29, 1.82) is 0 Å². The van der Waals surface area contributed by atoms with Gasteiger partial charge in [0.05, 0.1) is 25.0 Å². The van der Waals surface area contributed by atoms with Crippen LogP contribution < -0.4 is 10.1 Å². The quantitative estimate of drug-likeness (QED) is 0.172. The first-order valence-corrected chi connectivity index (χ1v) is 13.7. The normalized spacial score (nSPS) is 12.3. The number of ether oxygens (including phenoxy) is 1. The number of furan rings is 1. The van der Waals surface area contributed by atoms with E-state index in [4.69, 9.17) is 30.2 Å². The molecule has 3 rings (SSSR count). The first-order chi connectivity index (χ1) is 16.9. The molecule has 0 radical (unpaired) electrons. The summed E-state index contributed by atoms with van der Waals surface area (Å²) in [5.41, 5.74) is 4.43. The molecule has 1 atom stereocenters. The smallest absolute Gasteiger partial charge is 0.316 e. The van der Waals surface area contributed by atoms with E-state index in [1.54, 1.807) is 6.26 Å². The van der Waals surface area contributed by atoms with Crippen molar-refractivity contribution in [3.63, 3.8) is 0 Å². The summed E-state index contributed by atoms with van der Waals surface area (Å²) < 4.78 is 27.1. The Balaban J connectivity index is 1.53. The van der Waals surface area contributed by atoms with Gasteiger partial charge in [0.15, 0.2) is 0 Å². The summed E-state index contributed by atoms with van der Waals surface area (Å²) in [5, 5.41) is 4.17. The second-order valence-electron chi connectivity index (χ2n) is 8.93. The summed E-state index contributed by atoms with van der Waals surface area (Å²) in [6.07, 6.45) is 5.08. The van der Waals surface area contributed by atoms with Gasteiger partial charge in [-0.1, -0.05) is 43.6 Å². The van der Waals surface area contributed by atoms with Crippen molar-refractivity contribution in [2.24, 2.45) is 5.92 Å². The molecule has 2 aromatic carbocycles.